The van der Waals surface area contributed by atoms with E-state index >= 15 is 0 Å². The third-order valence-corrected chi connectivity index (χ3v) is 4.59. The number of benzene rings is 2. The molecule has 2 aromatic carbocycles. The minimum atomic E-state index is -0.684. The zero-order valence-corrected chi connectivity index (χ0v) is 17.6. The van der Waals surface area contributed by atoms with Crippen LogP contribution in [0.4, 0.5) is 0 Å². The second kappa shape index (κ2) is 10.8. The van der Waals surface area contributed by atoms with Crippen molar-refractivity contribution in [2.45, 2.75) is 38.3 Å². The highest BCUT2D eigenvalue weighted by atomic mass is 16.5. The molecule has 0 spiro atoms. The normalized spacial score (nSPS) is 12.3. The largest absolute Gasteiger partial charge is 0.497 e. The summed E-state index contributed by atoms with van der Waals surface area (Å²) in [5.41, 5.74) is 1.73. The molecule has 0 saturated carbocycles. The van der Waals surface area contributed by atoms with Crippen molar-refractivity contribution in [3.63, 3.8) is 0 Å². The lowest BCUT2D eigenvalue weighted by Gasteiger charge is -2.28. The first kappa shape index (κ1) is 22.7. The van der Waals surface area contributed by atoms with Crippen LogP contribution in [0, 0.1) is 0 Å². The van der Waals surface area contributed by atoms with E-state index in [9.17, 15) is 9.90 Å². The summed E-state index contributed by atoms with van der Waals surface area (Å²) < 4.78 is 15.6. The third-order valence-electron chi connectivity index (χ3n) is 4.59. The van der Waals surface area contributed by atoms with Crippen LogP contribution in [-0.2, 0) is 22.4 Å². The van der Waals surface area contributed by atoms with E-state index in [1.807, 2.05) is 42.5 Å². The Balaban J connectivity index is 1.83. The van der Waals surface area contributed by atoms with Gasteiger partial charge in [-0.05, 0) is 44.0 Å². The minimum Gasteiger partial charge on any atom is -0.497 e. The number of carbonyl (C=O) groups excluding carboxylic acids is 1. The predicted octanol–water partition coefficient (Wildman–Crippen LogP) is 2.76. The Kier molecular flexibility index (Phi) is 8.49. The van der Waals surface area contributed by atoms with Gasteiger partial charge in [0.05, 0.1) is 20.6 Å². The molecule has 0 radical (unpaired) electrons. The number of aliphatic hydroxyl groups excluding tert-OH is 1. The lowest BCUT2D eigenvalue weighted by atomic mass is 9.94. The number of carbonyl (C=O) groups is 1. The summed E-state index contributed by atoms with van der Waals surface area (Å²) in [5.74, 6) is 1.08. The fourth-order valence-electron chi connectivity index (χ4n) is 2.97. The van der Waals surface area contributed by atoms with Gasteiger partial charge in [0.2, 0.25) is 0 Å². The van der Waals surface area contributed by atoms with Gasteiger partial charge in [-0.3, -0.25) is 4.79 Å². The number of nitrogens with one attached hydrogen (secondary N) is 1. The van der Waals surface area contributed by atoms with E-state index in [1.165, 1.54) is 12.7 Å². The molecular weight excluding hydrogens is 370 g/mol. The highest BCUT2D eigenvalue weighted by Crippen LogP contribution is 2.20. The third kappa shape index (κ3) is 7.75. The number of hydrogen-bond acceptors (Lipinski definition) is 6. The topological polar surface area (TPSA) is 77.0 Å². The van der Waals surface area contributed by atoms with Crippen LogP contribution in [0.5, 0.6) is 11.5 Å². The molecule has 0 aliphatic heterocycles. The zero-order chi connectivity index (χ0) is 21.3. The van der Waals surface area contributed by atoms with E-state index in [0.717, 1.165) is 17.7 Å². The van der Waals surface area contributed by atoms with Crippen molar-refractivity contribution < 1.29 is 24.1 Å². The summed E-state index contributed by atoms with van der Waals surface area (Å²) in [6.45, 7) is 4.71. The van der Waals surface area contributed by atoms with Gasteiger partial charge in [0.15, 0.2) is 0 Å². The van der Waals surface area contributed by atoms with Crippen LogP contribution >= 0.6 is 0 Å². The average Bonchev–Trinajstić information content (AvgIpc) is 2.72. The number of rotatable bonds is 11. The number of esters is 1. The molecule has 2 N–H and O–H groups in total. The molecule has 0 aliphatic rings. The first-order valence-corrected chi connectivity index (χ1v) is 9.66. The van der Waals surface area contributed by atoms with Crippen LogP contribution in [0.15, 0.2) is 48.5 Å². The van der Waals surface area contributed by atoms with E-state index in [4.69, 9.17) is 14.2 Å². The maximum atomic E-state index is 11.5. The molecule has 0 aliphatic carbocycles. The number of methoxy groups -OCH3 is 2. The Hall–Kier alpha value is -2.57. The van der Waals surface area contributed by atoms with Crippen molar-refractivity contribution >= 4 is 5.97 Å². The Labute approximate surface area is 172 Å². The van der Waals surface area contributed by atoms with Gasteiger partial charge in [-0.25, -0.2) is 0 Å². The van der Waals surface area contributed by atoms with E-state index in [1.54, 1.807) is 13.2 Å². The summed E-state index contributed by atoms with van der Waals surface area (Å²) in [4.78, 5) is 11.5. The Morgan fingerprint density at radius 3 is 2.45 bits per heavy atom. The lowest BCUT2D eigenvalue weighted by Crippen LogP contribution is -2.46. The van der Waals surface area contributed by atoms with Crippen LogP contribution in [-0.4, -0.2) is 50.1 Å². The van der Waals surface area contributed by atoms with Gasteiger partial charge < -0.3 is 24.6 Å². The predicted molar refractivity (Wildman–Crippen MR) is 112 cm³/mol. The molecule has 2 aromatic rings. The van der Waals surface area contributed by atoms with Crippen LogP contribution in [0.25, 0.3) is 0 Å². The van der Waals surface area contributed by atoms with Crippen LogP contribution in [0.2, 0.25) is 0 Å². The Morgan fingerprint density at radius 2 is 1.79 bits per heavy atom. The lowest BCUT2D eigenvalue weighted by molar-refractivity contribution is -0.139. The van der Waals surface area contributed by atoms with Gasteiger partial charge >= 0.3 is 5.97 Å². The summed E-state index contributed by atoms with van der Waals surface area (Å²) in [6.07, 6.45) is 0.263. The monoisotopic (exact) mass is 401 g/mol. The molecule has 1 unspecified atom stereocenters. The van der Waals surface area contributed by atoms with Crippen molar-refractivity contribution in [1.82, 2.24) is 5.32 Å². The van der Waals surface area contributed by atoms with Crippen molar-refractivity contribution in [2.24, 2.45) is 0 Å². The number of hydrogen-bond donors (Lipinski definition) is 2. The second-order valence-corrected chi connectivity index (χ2v) is 7.62. The van der Waals surface area contributed by atoms with E-state index in [-0.39, 0.29) is 24.5 Å². The molecule has 6 heteroatoms. The maximum Gasteiger partial charge on any atom is 0.310 e. The molecule has 1 atom stereocenters. The molecule has 0 bridgehead atoms. The molecule has 2 rings (SSSR count). The Bertz CT molecular complexity index is 773. The minimum absolute atomic E-state index is 0.129. The highest BCUT2D eigenvalue weighted by molar-refractivity contribution is 5.73. The molecule has 29 heavy (non-hydrogen) atoms. The van der Waals surface area contributed by atoms with E-state index < -0.39 is 6.10 Å². The molecule has 0 saturated heterocycles. The van der Waals surface area contributed by atoms with E-state index in [2.05, 4.69) is 19.2 Å². The second-order valence-electron chi connectivity index (χ2n) is 7.62. The van der Waals surface area contributed by atoms with Gasteiger partial charge in [-0.2, -0.15) is 0 Å². The number of β-amino-alcohol motifs (C(OH)–C–C–N with tert-alkyl or cyclic N) is 1. The molecule has 0 fully saturated rings. The van der Waals surface area contributed by atoms with Gasteiger partial charge in [0.1, 0.15) is 24.2 Å². The number of para-hydroxylation sites is 1. The smallest absolute Gasteiger partial charge is 0.310 e. The fourth-order valence-corrected chi connectivity index (χ4v) is 2.97. The standard InChI is InChI=1S/C23H31NO5/c1-23(2,14-17-9-11-20(27-3)12-10-17)24-15-19(25)16-29-21-8-6-5-7-18(21)13-22(26)28-4/h5-12,19,24-25H,13-16H2,1-4H3. The van der Waals surface area contributed by atoms with Crippen molar-refractivity contribution in [3.05, 3.63) is 59.7 Å². The highest BCUT2D eigenvalue weighted by Gasteiger charge is 2.20. The summed E-state index contributed by atoms with van der Waals surface area (Å²) >= 11 is 0. The zero-order valence-electron chi connectivity index (χ0n) is 17.6. The molecular formula is C23H31NO5. The van der Waals surface area contributed by atoms with Gasteiger partial charge in [-0.1, -0.05) is 30.3 Å². The first-order chi connectivity index (χ1) is 13.8. The van der Waals surface area contributed by atoms with Gasteiger partial charge in [0.25, 0.3) is 0 Å². The maximum absolute atomic E-state index is 11.5. The summed E-state index contributed by atoms with van der Waals surface area (Å²) in [6, 6.07) is 15.2. The molecule has 0 aromatic heterocycles. The molecule has 6 nitrogen and oxygen atoms in total. The summed E-state index contributed by atoms with van der Waals surface area (Å²) in [5, 5.41) is 13.7. The average molecular weight is 402 g/mol. The molecule has 158 valence electrons. The van der Waals surface area contributed by atoms with Gasteiger partial charge in [-0.15, -0.1) is 0 Å². The first-order valence-electron chi connectivity index (χ1n) is 9.66. The Morgan fingerprint density at radius 1 is 1.10 bits per heavy atom. The van der Waals surface area contributed by atoms with E-state index in [0.29, 0.717) is 12.3 Å². The van der Waals surface area contributed by atoms with Crippen LogP contribution in [0.3, 0.4) is 0 Å². The molecule has 0 amide bonds. The SMILES string of the molecule is COC(=O)Cc1ccccc1OCC(O)CNC(C)(C)Cc1ccc(OC)cc1. The summed E-state index contributed by atoms with van der Waals surface area (Å²) in [7, 11) is 3.01. The number of aliphatic hydroxyl groups is 1. The van der Waals surface area contributed by atoms with Crippen molar-refractivity contribution in [2.75, 3.05) is 27.4 Å². The molecule has 0 heterocycles. The quantitative estimate of drug-likeness (QED) is 0.564. The van der Waals surface area contributed by atoms with Gasteiger partial charge in [0, 0.05) is 17.6 Å². The van der Waals surface area contributed by atoms with Crippen molar-refractivity contribution in [1.29, 1.82) is 0 Å². The van der Waals surface area contributed by atoms with Crippen molar-refractivity contribution in [3.8, 4) is 11.5 Å². The van der Waals surface area contributed by atoms with Crippen LogP contribution < -0.4 is 14.8 Å². The van der Waals surface area contributed by atoms with Crippen LogP contribution in [0.1, 0.15) is 25.0 Å². The fraction of sp³-hybridized carbons (Fsp3) is 0.435. The number of ether oxygens (including phenoxy) is 3.